The van der Waals surface area contributed by atoms with Crippen LogP contribution >= 0.6 is 0 Å². The number of aromatic nitrogens is 1. The van der Waals surface area contributed by atoms with Crippen LogP contribution in [0.15, 0.2) is 60.0 Å². The Morgan fingerprint density at radius 1 is 1.48 bits per heavy atom. The minimum Gasteiger partial charge on any atom is -0.380 e. The maximum absolute atomic E-state index is 11.8. The largest absolute Gasteiger partial charge is 0.380 e. The fourth-order valence-electron chi connectivity index (χ4n) is 1.95. The van der Waals surface area contributed by atoms with E-state index in [1.165, 1.54) is 12.2 Å². The number of rotatable bonds is 2. The van der Waals surface area contributed by atoms with Crippen LogP contribution in [0, 0.1) is 11.8 Å². The number of carbonyl (C=O) groups excluding carboxylic acids is 1. The average molecular weight is 279 g/mol. The monoisotopic (exact) mass is 279 g/mol. The molecule has 0 bridgehead atoms. The third kappa shape index (κ3) is 3.77. The first-order chi connectivity index (χ1) is 10.0. The van der Waals surface area contributed by atoms with Crippen LogP contribution in [0.3, 0.4) is 0 Å². The first kappa shape index (κ1) is 15.0. The van der Waals surface area contributed by atoms with Gasteiger partial charge in [-0.25, -0.2) is 0 Å². The lowest BCUT2D eigenvalue weighted by molar-refractivity contribution is -0.112. The molecule has 1 aliphatic rings. The zero-order valence-electron chi connectivity index (χ0n) is 12.1. The third-order valence-corrected chi connectivity index (χ3v) is 3.08. The Labute approximate surface area is 124 Å². The first-order valence-corrected chi connectivity index (χ1v) is 6.72. The summed E-state index contributed by atoms with van der Waals surface area (Å²) in [5.74, 6) is 5.69. The molecule has 0 aliphatic heterocycles. The smallest absolute Gasteiger partial charge is 0.184 e. The Morgan fingerprint density at radius 3 is 2.95 bits per heavy atom. The second-order valence-electron chi connectivity index (χ2n) is 5.17. The molecule has 0 amide bonds. The van der Waals surface area contributed by atoms with Crippen molar-refractivity contribution in [1.29, 1.82) is 0 Å². The van der Waals surface area contributed by atoms with Gasteiger partial charge >= 0.3 is 0 Å². The Bertz CT molecular complexity index is 683. The van der Waals surface area contributed by atoms with Gasteiger partial charge < -0.3 is 5.11 Å². The third-order valence-electron chi connectivity index (χ3n) is 3.08. The molecule has 0 aromatic carbocycles. The Morgan fingerprint density at radius 2 is 2.29 bits per heavy atom. The molecule has 0 spiro atoms. The fraction of sp³-hybridized carbons (Fsp3) is 0.222. The molecule has 106 valence electrons. The zero-order chi connectivity index (χ0) is 15.3. The first-order valence-electron chi connectivity index (χ1n) is 6.72. The summed E-state index contributed by atoms with van der Waals surface area (Å²) in [5.41, 5.74) is 0.900. The van der Waals surface area contributed by atoms with E-state index in [0.29, 0.717) is 5.57 Å². The van der Waals surface area contributed by atoms with Gasteiger partial charge in [-0.3, -0.25) is 9.78 Å². The molecule has 1 aliphatic carbocycles. The van der Waals surface area contributed by atoms with Gasteiger partial charge in [0, 0.05) is 30.0 Å². The quantitative estimate of drug-likeness (QED) is 0.668. The van der Waals surface area contributed by atoms with Crippen LogP contribution in [-0.2, 0) is 4.79 Å². The Hall–Kier alpha value is -2.44. The van der Waals surface area contributed by atoms with Gasteiger partial charge in [0.15, 0.2) is 5.78 Å². The van der Waals surface area contributed by atoms with Gasteiger partial charge in [-0.15, -0.1) is 0 Å². The average Bonchev–Trinajstić information content (AvgIpc) is 2.73. The normalized spacial score (nSPS) is 22.0. The summed E-state index contributed by atoms with van der Waals surface area (Å²) in [6.07, 6.45) is 9.91. The van der Waals surface area contributed by atoms with Crippen molar-refractivity contribution in [3.63, 3.8) is 0 Å². The maximum atomic E-state index is 11.8. The lowest BCUT2D eigenvalue weighted by atomic mass is 9.92. The highest BCUT2D eigenvalue weighted by Crippen LogP contribution is 2.29. The van der Waals surface area contributed by atoms with Crippen LogP contribution in [-0.4, -0.2) is 21.5 Å². The summed E-state index contributed by atoms with van der Waals surface area (Å²) in [6.45, 7) is 3.87. The Balaban J connectivity index is 2.19. The van der Waals surface area contributed by atoms with E-state index < -0.39 is 5.60 Å². The second-order valence-corrected chi connectivity index (χ2v) is 5.17. The molecule has 21 heavy (non-hydrogen) atoms. The molecular weight excluding hydrogens is 262 g/mol. The van der Waals surface area contributed by atoms with Crippen LogP contribution in [0.4, 0.5) is 0 Å². The number of pyridine rings is 1. The number of hydrogen-bond acceptors (Lipinski definition) is 3. The predicted octanol–water partition coefficient (Wildman–Crippen LogP) is 2.59. The zero-order valence-corrected chi connectivity index (χ0v) is 12.1. The highest BCUT2D eigenvalue weighted by Gasteiger charge is 2.36. The maximum Gasteiger partial charge on any atom is 0.184 e. The topological polar surface area (TPSA) is 50.2 Å². The van der Waals surface area contributed by atoms with Gasteiger partial charge in [0.25, 0.3) is 0 Å². The summed E-state index contributed by atoms with van der Waals surface area (Å²) < 4.78 is 0. The molecule has 1 aromatic heterocycles. The minimum absolute atomic E-state index is 0.168. The summed E-state index contributed by atoms with van der Waals surface area (Å²) in [5, 5.41) is 10.6. The van der Waals surface area contributed by atoms with Gasteiger partial charge in [-0.2, -0.15) is 0 Å². The van der Waals surface area contributed by atoms with Crippen LogP contribution in [0.25, 0.3) is 0 Å². The van der Waals surface area contributed by atoms with E-state index in [1.54, 1.807) is 24.5 Å². The van der Waals surface area contributed by atoms with Crippen LogP contribution in [0.2, 0.25) is 0 Å². The van der Waals surface area contributed by atoms with E-state index in [-0.39, 0.29) is 12.2 Å². The SMILES string of the molecule is CC(C)=C/C=C1/C(=O)C=CC1(O)CC#Cc1cccnc1. The number of carbonyl (C=O) groups is 1. The van der Waals surface area contributed by atoms with E-state index in [0.717, 1.165) is 11.1 Å². The fourth-order valence-corrected chi connectivity index (χ4v) is 1.95. The number of nitrogens with zero attached hydrogens (tertiary/aromatic N) is 1. The minimum atomic E-state index is -1.31. The second kappa shape index (κ2) is 6.34. The van der Waals surface area contributed by atoms with Crippen LogP contribution < -0.4 is 0 Å². The highest BCUT2D eigenvalue weighted by atomic mass is 16.3. The number of hydrogen-bond donors (Lipinski definition) is 1. The highest BCUT2D eigenvalue weighted by molar-refractivity contribution is 6.09. The van der Waals surface area contributed by atoms with Gasteiger partial charge in [0.2, 0.25) is 0 Å². The summed E-state index contributed by atoms with van der Waals surface area (Å²) in [7, 11) is 0. The number of allylic oxidation sites excluding steroid dienone is 4. The van der Waals surface area contributed by atoms with Gasteiger partial charge in [0.05, 0.1) is 0 Å². The van der Waals surface area contributed by atoms with Crippen molar-refractivity contribution in [2.75, 3.05) is 0 Å². The van der Waals surface area contributed by atoms with Crippen molar-refractivity contribution in [2.24, 2.45) is 0 Å². The predicted molar refractivity (Wildman–Crippen MR) is 82.3 cm³/mol. The van der Waals surface area contributed by atoms with E-state index in [2.05, 4.69) is 16.8 Å². The van der Waals surface area contributed by atoms with Gasteiger partial charge in [-0.05, 0) is 38.1 Å². The van der Waals surface area contributed by atoms with Gasteiger partial charge in [0.1, 0.15) is 5.60 Å². The molecule has 0 saturated heterocycles. The Kier molecular flexibility index (Phi) is 4.52. The van der Waals surface area contributed by atoms with Crippen molar-refractivity contribution in [3.05, 3.63) is 65.5 Å². The van der Waals surface area contributed by atoms with E-state index in [4.69, 9.17) is 0 Å². The van der Waals surface area contributed by atoms with Crippen LogP contribution in [0.1, 0.15) is 25.8 Å². The molecule has 3 nitrogen and oxygen atoms in total. The van der Waals surface area contributed by atoms with E-state index in [9.17, 15) is 9.90 Å². The van der Waals surface area contributed by atoms with Crippen molar-refractivity contribution in [1.82, 2.24) is 4.98 Å². The molecule has 1 N–H and O–H groups in total. The molecule has 1 aromatic rings. The van der Waals surface area contributed by atoms with Crippen LogP contribution in [0.5, 0.6) is 0 Å². The molecule has 1 unspecified atom stereocenters. The molecule has 0 fully saturated rings. The van der Waals surface area contributed by atoms with E-state index >= 15 is 0 Å². The summed E-state index contributed by atoms with van der Waals surface area (Å²) in [6, 6.07) is 3.65. The molecular formula is C18H17NO2. The van der Waals surface area contributed by atoms with Crippen molar-refractivity contribution < 1.29 is 9.90 Å². The lowest BCUT2D eigenvalue weighted by Gasteiger charge is -2.19. The summed E-state index contributed by atoms with van der Waals surface area (Å²) >= 11 is 0. The summed E-state index contributed by atoms with van der Waals surface area (Å²) in [4.78, 5) is 15.8. The van der Waals surface area contributed by atoms with Gasteiger partial charge in [-0.1, -0.05) is 29.6 Å². The van der Waals surface area contributed by atoms with Crippen molar-refractivity contribution in [2.45, 2.75) is 25.9 Å². The molecule has 3 heteroatoms. The lowest BCUT2D eigenvalue weighted by Crippen LogP contribution is -2.27. The van der Waals surface area contributed by atoms with Crippen molar-refractivity contribution in [3.8, 4) is 11.8 Å². The van der Waals surface area contributed by atoms with Crippen molar-refractivity contribution >= 4 is 5.78 Å². The standard InChI is InChI=1S/C18H17NO2/c1-14(2)7-8-16-17(20)9-11-18(16,21)10-3-5-15-6-4-12-19-13-15/h4,6-9,11-13,21H,10H2,1-2H3/b16-8-. The molecule has 1 atom stereocenters. The molecule has 2 rings (SSSR count). The molecule has 0 radical (unpaired) electrons. The van der Waals surface area contributed by atoms with E-state index in [1.807, 2.05) is 26.0 Å². The number of aliphatic hydroxyl groups is 1. The number of ketones is 1. The molecule has 0 saturated carbocycles. The molecule has 1 heterocycles.